The Morgan fingerprint density at radius 2 is 1.79 bits per heavy atom. The van der Waals surface area contributed by atoms with Crippen LogP contribution in [0, 0.1) is 0 Å². The van der Waals surface area contributed by atoms with Crippen LogP contribution in [0.1, 0.15) is 19.3 Å². The number of carbonyl (C=O) groups excluding carboxylic acids is 1. The first kappa shape index (κ1) is 22.2. The number of nitrogens with one attached hydrogen (secondary N) is 3. The third-order valence-electron chi connectivity index (χ3n) is 3.68. The molecular formula is C19H21BrN4O2S2. The zero-order chi connectivity index (χ0) is 20.2. The topological polar surface area (TPSA) is 74.8 Å². The molecule has 0 heterocycles. The highest BCUT2D eigenvalue weighted by molar-refractivity contribution is 9.10. The fourth-order valence-corrected chi connectivity index (χ4v) is 2.86. The summed E-state index contributed by atoms with van der Waals surface area (Å²) in [6.07, 6.45) is 2.85. The number of nitrogens with zero attached hydrogens (tertiary/aromatic N) is 1. The summed E-state index contributed by atoms with van der Waals surface area (Å²) in [4.78, 5) is 11.3. The monoisotopic (exact) mass is 480 g/mol. The number of para-hydroxylation sites is 2. The maximum atomic E-state index is 11.3. The first-order valence-electron chi connectivity index (χ1n) is 8.75. The number of hydrogen-bond acceptors (Lipinski definition) is 4. The first-order valence-corrected chi connectivity index (χ1v) is 10.3. The Bertz CT molecular complexity index is 803. The van der Waals surface area contributed by atoms with Gasteiger partial charge in [0.05, 0.1) is 12.3 Å². The minimum atomic E-state index is -0.579. The fraction of sp³-hybridized carbons (Fsp3) is 0.263. The van der Waals surface area contributed by atoms with Gasteiger partial charge in [-0.3, -0.25) is 0 Å². The molecule has 0 aliphatic rings. The number of anilines is 2. The van der Waals surface area contributed by atoms with Crippen LogP contribution in [0.25, 0.3) is 0 Å². The van der Waals surface area contributed by atoms with Crippen LogP contribution in [0.5, 0.6) is 5.75 Å². The maximum Gasteiger partial charge on any atom is 0.356 e. The maximum absolute atomic E-state index is 11.3. The Balaban J connectivity index is 1.59. The van der Waals surface area contributed by atoms with Gasteiger partial charge in [0.25, 0.3) is 0 Å². The van der Waals surface area contributed by atoms with Crippen LogP contribution in [0.15, 0.2) is 57.4 Å². The van der Waals surface area contributed by atoms with Gasteiger partial charge in [-0.2, -0.15) is 0 Å². The second-order valence-corrected chi connectivity index (χ2v) is 7.32. The van der Waals surface area contributed by atoms with Crippen LogP contribution in [0.2, 0.25) is 0 Å². The molecule has 2 aromatic rings. The molecule has 0 atom stereocenters. The second kappa shape index (κ2) is 12.4. The Kier molecular flexibility index (Phi) is 9.81. The summed E-state index contributed by atoms with van der Waals surface area (Å²) < 4.78 is 9.93. The van der Waals surface area contributed by atoms with Crippen molar-refractivity contribution in [1.82, 2.24) is 5.32 Å². The van der Waals surface area contributed by atoms with Crippen LogP contribution >= 0.6 is 28.1 Å². The number of carbonyl (C=O) groups is 1. The van der Waals surface area contributed by atoms with Gasteiger partial charge in [0.1, 0.15) is 5.75 Å². The first-order chi connectivity index (χ1) is 13.6. The van der Waals surface area contributed by atoms with E-state index in [2.05, 4.69) is 48.7 Å². The third kappa shape index (κ3) is 8.28. The van der Waals surface area contributed by atoms with Gasteiger partial charge in [-0.05, 0) is 67.9 Å². The molecule has 2 rings (SSSR count). The zero-order valence-corrected chi connectivity index (χ0v) is 18.3. The van der Waals surface area contributed by atoms with E-state index in [0.717, 1.165) is 36.0 Å². The lowest BCUT2D eigenvalue weighted by molar-refractivity contribution is 0.259. The Labute approximate surface area is 183 Å². The molecule has 0 saturated heterocycles. The van der Waals surface area contributed by atoms with Gasteiger partial charge >= 0.3 is 6.03 Å². The number of amides is 2. The summed E-state index contributed by atoms with van der Waals surface area (Å²) in [6, 6.07) is 14.5. The Morgan fingerprint density at radius 1 is 1.04 bits per heavy atom. The lowest BCUT2D eigenvalue weighted by atomic mass is 10.2. The van der Waals surface area contributed by atoms with E-state index in [1.807, 2.05) is 36.4 Å². The van der Waals surface area contributed by atoms with Gasteiger partial charge in [0, 0.05) is 29.1 Å². The van der Waals surface area contributed by atoms with Crippen molar-refractivity contribution < 1.29 is 9.53 Å². The summed E-state index contributed by atoms with van der Waals surface area (Å²) in [5.74, 6) is 0.604. The van der Waals surface area contributed by atoms with Crippen LogP contribution in [-0.2, 0) is 12.4 Å². The SMILES string of the molecule is O=C(N=S)Nc1ccccc1OCCCCCNC(=S)Nc1ccc(Br)cc1. The summed E-state index contributed by atoms with van der Waals surface area (Å²) in [5, 5.41) is 9.53. The minimum Gasteiger partial charge on any atom is -0.491 e. The third-order valence-corrected chi connectivity index (χ3v) is 4.62. The average molecular weight is 481 g/mol. The van der Waals surface area contributed by atoms with Gasteiger partial charge in [0.15, 0.2) is 5.11 Å². The molecule has 0 spiro atoms. The van der Waals surface area contributed by atoms with Crippen LogP contribution in [0.4, 0.5) is 16.2 Å². The van der Waals surface area contributed by atoms with Crippen molar-refractivity contribution in [2.24, 2.45) is 4.36 Å². The largest absolute Gasteiger partial charge is 0.491 e. The lowest BCUT2D eigenvalue weighted by Crippen LogP contribution is -2.29. The Hall–Kier alpha value is -2.10. The van der Waals surface area contributed by atoms with Crippen LogP contribution in [0.3, 0.4) is 0 Å². The van der Waals surface area contributed by atoms with E-state index in [9.17, 15) is 4.79 Å². The number of halogens is 1. The van der Waals surface area contributed by atoms with Crippen LogP contribution in [-0.4, -0.2) is 24.3 Å². The molecule has 0 bridgehead atoms. The Morgan fingerprint density at radius 3 is 2.54 bits per heavy atom. The lowest BCUT2D eigenvalue weighted by Gasteiger charge is -2.12. The second-order valence-electron chi connectivity index (χ2n) is 5.81. The summed E-state index contributed by atoms with van der Waals surface area (Å²) >= 11 is 13.1. The molecule has 0 aliphatic carbocycles. The van der Waals surface area contributed by atoms with Crippen molar-refractivity contribution in [3.63, 3.8) is 0 Å². The molecule has 0 saturated carbocycles. The summed E-state index contributed by atoms with van der Waals surface area (Å²) in [5.41, 5.74) is 1.51. The zero-order valence-electron chi connectivity index (χ0n) is 15.1. The van der Waals surface area contributed by atoms with E-state index >= 15 is 0 Å². The quantitative estimate of drug-likeness (QED) is 0.336. The number of benzene rings is 2. The van der Waals surface area contributed by atoms with Gasteiger partial charge in [-0.15, -0.1) is 4.36 Å². The van der Waals surface area contributed by atoms with Crippen molar-refractivity contribution in [1.29, 1.82) is 0 Å². The molecule has 0 unspecified atom stereocenters. The number of hydrogen-bond donors (Lipinski definition) is 3. The predicted molar refractivity (Wildman–Crippen MR) is 123 cm³/mol. The fourth-order valence-electron chi connectivity index (χ4n) is 2.33. The number of thiocarbonyl (C=S) groups is 1. The highest BCUT2D eigenvalue weighted by Gasteiger charge is 2.06. The molecule has 6 nitrogen and oxygen atoms in total. The molecule has 2 amide bonds. The molecular weight excluding hydrogens is 460 g/mol. The molecule has 148 valence electrons. The van der Waals surface area contributed by atoms with Gasteiger partial charge < -0.3 is 20.7 Å². The van der Waals surface area contributed by atoms with E-state index < -0.39 is 6.03 Å². The predicted octanol–water partition coefficient (Wildman–Crippen LogP) is 5.25. The number of unbranched alkanes of at least 4 members (excludes halogenated alkanes) is 2. The molecule has 2 aromatic carbocycles. The average Bonchev–Trinajstić information content (AvgIpc) is 2.70. The van der Waals surface area contributed by atoms with E-state index in [1.165, 1.54) is 0 Å². The molecule has 0 aliphatic heterocycles. The van der Waals surface area contributed by atoms with E-state index in [0.29, 0.717) is 23.2 Å². The van der Waals surface area contributed by atoms with E-state index in [4.69, 9.17) is 17.0 Å². The summed E-state index contributed by atoms with van der Waals surface area (Å²) in [7, 11) is 0. The van der Waals surface area contributed by atoms with E-state index in [1.54, 1.807) is 12.1 Å². The normalized spacial score (nSPS) is 10.0. The van der Waals surface area contributed by atoms with Gasteiger partial charge in [-0.1, -0.05) is 28.1 Å². The number of ether oxygens (including phenoxy) is 1. The van der Waals surface area contributed by atoms with Gasteiger partial charge in [0.2, 0.25) is 0 Å². The van der Waals surface area contributed by atoms with Gasteiger partial charge in [-0.25, -0.2) is 4.79 Å². The molecule has 28 heavy (non-hydrogen) atoms. The molecule has 0 radical (unpaired) electrons. The number of urea groups is 1. The minimum absolute atomic E-state index is 0.555. The van der Waals surface area contributed by atoms with Crippen molar-refractivity contribution >= 4 is 63.1 Å². The van der Waals surface area contributed by atoms with Crippen molar-refractivity contribution in [2.75, 3.05) is 23.8 Å². The highest BCUT2D eigenvalue weighted by atomic mass is 79.9. The van der Waals surface area contributed by atoms with E-state index in [-0.39, 0.29) is 0 Å². The smallest absolute Gasteiger partial charge is 0.356 e. The van der Waals surface area contributed by atoms with Crippen molar-refractivity contribution in [2.45, 2.75) is 19.3 Å². The molecule has 0 aromatic heterocycles. The number of rotatable bonds is 9. The summed E-state index contributed by atoms with van der Waals surface area (Å²) in [6.45, 7) is 1.34. The standard InChI is InChI=1S/C19H21BrN4O2S2/c20-14-8-10-15(11-9-14)22-19(27)21-12-4-1-5-13-26-17-7-3-2-6-16(17)23-18(25)24-28/h2-3,6-11H,1,4-5,12-13H2,(H,23,25)(H2,21,22,27). The molecule has 3 N–H and O–H groups in total. The van der Waals surface area contributed by atoms with Crippen molar-refractivity contribution in [3.05, 3.63) is 53.0 Å². The van der Waals surface area contributed by atoms with Crippen molar-refractivity contribution in [3.8, 4) is 5.75 Å². The highest BCUT2D eigenvalue weighted by Crippen LogP contribution is 2.24. The van der Waals surface area contributed by atoms with Crippen LogP contribution < -0.4 is 20.7 Å². The molecule has 9 heteroatoms. The molecule has 0 fully saturated rings.